The molecule has 0 amide bonds. The Morgan fingerprint density at radius 3 is 1.64 bits per heavy atom. The standard InChI is InChI=1S/C7H16N2O2.C6H8O4.Pt/c1-2-7-10-5(3-8)6(4-9)11-7;7-4(8)6(5(9)10)2-1-3-6;/h5-7H,2-4,8-9H2,1H3;1-3H2,(H,7,8)(H,9,10);/t5-,6-;;/m0../s1. The third-order valence-corrected chi connectivity index (χ3v) is 3.89. The van der Waals surface area contributed by atoms with Crippen LogP contribution in [0.15, 0.2) is 0 Å². The van der Waals surface area contributed by atoms with Crippen LogP contribution in [-0.4, -0.2) is 53.7 Å². The van der Waals surface area contributed by atoms with Crippen LogP contribution in [0, 0.1) is 5.41 Å². The summed E-state index contributed by atoms with van der Waals surface area (Å²) in [5.74, 6) is -2.41. The Hall–Kier alpha value is -0.532. The monoisotopic (exact) mass is 499 g/mol. The maximum atomic E-state index is 10.4. The summed E-state index contributed by atoms with van der Waals surface area (Å²) in [6.07, 6.45) is 1.99. The molecule has 2 rings (SSSR count). The average molecular weight is 499 g/mol. The van der Waals surface area contributed by atoms with Crippen molar-refractivity contribution in [2.45, 2.75) is 51.1 Å². The molecule has 1 heterocycles. The average Bonchev–Trinajstić information content (AvgIpc) is 2.79. The second-order valence-electron chi connectivity index (χ2n) is 5.20. The van der Waals surface area contributed by atoms with Gasteiger partial charge in [-0.05, 0) is 25.7 Å². The van der Waals surface area contributed by atoms with Crippen molar-refractivity contribution in [2.24, 2.45) is 16.9 Å². The van der Waals surface area contributed by atoms with E-state index in [0.29, 0.717) is 19.5 Å². The van der Waals surface area contributed by atoms with Gasteiger partial charge in [-0.25, -0.2) is 0 Å². The van der Waals surface area contributed by atoms with Gasteiger partial charge in [0.1, 0.15) is 12.2 Å². The first-order valence-electron chi connectivity index (χ1n) is 7.09. The maximum Gasteiger partial charge on any atom is 0.321 e. The third kappa shape index (κ3) is 4.73. The molecule has 0 bridgehead atoms. The van der Waals surface area contributed by atoms with Crippen LogP contribution >= 0.6 is 0 Å². The maximum absolute atomic E-state index is 10.4. The van der Waals surface area contributed by atoms with Gasteiger partial charge in [0.25, 0.3) is 0 Å². The second-order valence-corrected chi connectivity index (χ2v) is 5.20. The van der Waals surface area contributed by atoms with Crippen molar-refractivity contribution in [1.29, 1.82) is 0 Å². The fraction of sp³-hybridized carbons (Fsp3) is 0.846. The first kappa shape index (κ1) is 21.5. The summed E-state index contributed by atoms with van der Waals surface area (Å²) in [7, 11) is 0. The van der Waals surface area contributed by atoms with E-state index < -0.39 is 17.4 Å². The topological polar surface area (TPSA) is 145 Å². The van der Waals surface area contributed by atoms with Crippen molar-refractivity contribution in [3.63, 3.8) is 0 Å². The molecule has 8 nitrogen and oxygen atoms in total. The van der Waals surface area contributed by atoms with Gasteiger partial charge in [0.05, 0.1) is 0 Å². The van der Waals surface area contributed by atoms with Gasteiger partial charge in [-0.2, -0.15) is 0 Å². The SMILES string of the molecule is CCC1O[C@@H](CN)[C@H](CN)O1.O=C(O)C1(C(=O)O)CCC1.[Pt]. The summed E-state index contributed by atoms with van der Waals surface area (Å²) in [4.78, 5) is 20.7. The molecule has 0 aromatic carbocycles. The number of hydrogen-bond donors (Lipinski definition) is 4. The molecule has 1 aliphatic heterocycles. The Labute approximate surface area is 143 Å². The summed E-state index contributed by atoms with van der Waals surface area (Å²) in [5.41, 5.74) is 9.47. The Bertz CT molecular complexity index is 350. The van der Waals surface area contributed by atoms with Crippen LogP contribution in [0.1, 0.15) is 32.6 Å². The van der Waals surface area contributed by atoms with Crippen LogP contribution in [0.3, 0.4) is 0 Å². The van der Waals surface area contributed by atoms with Gasteiger partial charge < -0.3 is 31.2 Å². The molecule has 0 aromatic rings. The molecule has 1 saturated heterocycles. The fourth-order valence-electron chi connectivity index (χ4n) is 2.25. The molecule has 1 aliphatic carbocycles. The Morgan fingerprint density at radius 1 is 1.09 bits per heavy atom. The predicted octanol–water partition coefficient (Wildman–Crippen LogP) is -0.253. The quantitative estimate of drug-likeness (QED) is 0.379. The van der Waals surface area contributed by atoms with E-state index in [1.165, 1.54) is 0 Å². The molecule has 0 unspecified atom stereocenters. The van der Waals surface area contributed by atoms with Crippen LogP contribution < -0.4 is 11.5 Å². The smallest absolute Gasteiger partial charge is 0.321 e. The van der Waals surface area contributed by atoms with Crippen molar-refractivity contribution in [2.75, 3.05) is 13.1 Å². The molecule has 0 aromatic heterocycles. The number of carboxylic acids is 2. The second kappa shape index (κ2) is 9.57. The minimum Gasteiger partial charge on any atom is -0.480 e. The number of rotatable bonds is 5. The van der Waals surface area contributed by atoms with Crippen LogP contribution in [0.2, 0.25) is 0 Å². The van der Waals surface area contributed by atoms with E-state index in [-0.39, 0.29) is 52.4 Å². The van der Waals surface area contributed by atoms with Crippen LogP contribution in [0.4, 0.5) is 0 Å². The van der Waals surface area contributed by atoms with E-state index in [1.54, 1.807) is 0 Å². The molecule has 2 aliphatic rings. The Balaban J connectivity index is 0.000000385. The number of ether oxygens (including phenoxy) is 2. The molecule has 22 heavy (non-hydrogen) atoms. The zero-order chi connectivity index (χ0) is 16.0. The molecule has 2 fully saturated rings. The molecule has 6 N–H and O–H groups in total. The van der Waals surface area contributed by atoms with Crippen molar-refractivity contribution in [3.05, 3.63) is 0 Å². The molecule has 0 radical (unpaired) electrons. The van der Waals surface area contributed by atoms with Gasteiger partial charge in [0, 0.05) is 34.2 Å². The van der Waals surface area contributed by atoms with Gasteiger partial charge in [-0.15, -0.1) is 0 Å². The molecule has 132 valence electrons. The summed E-state index contributed by atoms with van der Waals surface area (Å²) in [5, 5.41) is 16.9. The first-order chi connectivity index (χ1) is 9.91. The van der Waals surface area contributed by atoms with Crippen LogP contribution in [0.5, 0.6) is 0 Å². The van der Waals surface area contributed by atoms with Crippen molar-refractivity contribution in [3.8, 4) is 0 Å². The number of nitrogens with two attached hydrogens (primary N) is 2. The summed E-state index contributed by atoms with van der Waals surface area (Å²) < 4.78 is 10.9. The van der Waals surface area contributed by atoms with Crippen molar-refractivity contribution in [1.82, 2.24) is 0 Å². The number of hydrogen-bond acceptors (Lipinski definition) is 6. The fourth-order valence-corrected chi connectivity index (χ4v) is 2.25. The number of carboxylic acid groups (broad SMARTS) is 2. The Morgan fingerprint density at radius 2 is 1.50 bits per heavy atom. The van der Waals surface area contributed by atoms with E-state index in [4.69, 9.17) is 31.2 Å². The minimum atomic E-state index is -1.44. The Kier molecular flexibility index (Phi) is 9.34. The van der Waals surface area contributed by atoms with Gasteiger partial charge in [0.2, 0.25) is 0 Å². The van der Waals surface area contributed by atoms with E-state index in [9.17, 15) is 9.59 Å². The van der Waals surface area contributed by atoms with Crippen LogP contribution in [-0.2, 0) is 40.1 Å². The van der Waals surface area contributed by atoms with Crippen molar-refractivity contribution >= 4 is 11.9 Å². The predicted molar refractivity (Wildman–Crippen MR) is 73.5 cm³/mol. The zero-order valence-electron chi connectivity index (χ0n) is 12.5. The molecule has 1 saturated carbocycles. The molecule has 0 spiro atoms. The summed E-state index contributed by atoms with van der Waals surface area (Å²) >= 11 is 0. The van der Waals surface area contributed by atoms with E-state index in [2.05, 4.69) is 0 Å². The van der Waals surface area contributed by atoms with E-state index >= 15 is 0 Å². The van der Waals surface area contributed by atoms with Crippen molar-refractivity contribution < 1.29 is 50.3 Å². The van der Waals surface area contributed by atoms with E-state index in [0.717, 1.165) is 6.42 Å². The van der Waals surface area contributed by atoms with E-state index in [1.807, 2.05) is 6.92 Å². The van der Waals surface area contributed by atoms with Gasteiger partial charge >= 0.3 is 11.9 Å². The number of aliphatic carboxylic acids is 2. The first-order valence-corrected chi connectivity index (χ1v) is 7.09. The third-order valence-electron chi connectivity index (χ3n) is 3.89. The van der Waals surface area contributed by atoms with Crippen LogP contribution in [0.25, 0.3) is 0 Å². The van der Waals surface area contributed by atoms with Gasteiger partial charge in [-0.3, -0.25) is 9.59 Å². The molecular formula is C13H24N2O6Pt. The summed E-state index contributed by atoms with van der Waals surface area (Å²) in [6.45, 7) is 2.98. The molecule has 9 heteroatoms. The van der Waals surface area contributed by atoms with Gasteiger partial charge in [-0.1, -0.05) is 6.92 Å². The zero-order valence-corrected chi connectivity index (χ0v) is 14.7. The molecule has 2 atom stereocenters. The molecular weight excluding hydrogens is 475 g/mol. The largest absolute Gasteiger partial charge is 0.480 e. The van der Waals surface area contributed by atoms with Gasteiger partial charge in [0.15, 0.2) is 11.7 Å². The normalized spacial score (nSPS) is 26.1. The number of carbonyl (C=O) groups is 2. The summed E-state index contributed by atoms with van der Waals surface area (Å²) in [6, 6.07) is 0. The minimum absolute atomic E-state index is 0.